The maximum absolute atomic E-state index is 13.2. The molecule has 31 heavy (non-hydrogen) atoms. The molecule has 0 saturated carbocycles. The predicted octanol–water partition coefficient (Wildman–Crippen LogP) is 1.97. The molecule has 10 nitrogen and oxygen atoms in total. The Morgan fingerprint density at radius 2 is 1.81 bits per heavy atom. The smallest absolute Gasteiger partial charge is 0.265 e. The van der Waals surface area contributed by atoms with E-state index in [9.17, 15) is 21.6 Å². The Kier molecular flexibility index (Phi) is 6.32. The van der Waals surface area contributed by atoms with Gasteiger partial charge in [0.05, 0.1) is 38.0 Å². The van der Waals surface area contributed by atoms with Crippen molar-refractivity contribution in [1.82, 2.24) is 0 Å². The summed E-state index contributed by atoms with van der Waals surface area (Å²) >= 11 is 0. The minimum absolute atomic E-state index is 0.00951. The van der Waals surface area contributed by atoms with Crippen LogP contribution in [0.4, 0.5) is 11.4 Å². The Hall–Kier alpha value is -2.99. The first-order valence-corrected chi connectivity index (χ1v) is 12.3. The topological polar surface area (TPSA) is 128 Å². The van der Waals surface area contributed by atoms with Gasteiger partial charge < -0.3 is 14.2 Å². The first-order chi connectivity index (χ1) is 14.6. The maximum Gasteiger partial charge on any atom is 0.265 e. The summed E-state index contributed by atoms with van der Waals surface area (Å²) in [7, 11) is -5.27. The number of nitrogens with zero attached hydrogens (tertiary/aromatic N) is 1. The van der Waals surface area contributed by atoms with Crippen LogP contribution in [-0.2, 0) is 24.8 Å². The van der Waals surface area contributed by atoms with Crippen molar-refractivity contribution in [2.75, 3.05) is 35.6 Å². The lowest BCUT2D eigenvalue weighted by Crippen LogP contribution is -2.29. The molecule has 168 valence electrons. The molecule has 1 saturated heterocycles. The van der Waals surface area contributed by atoms with E-state index >= 15 is 0 Å². The van der Waals surface area contributed by atoms with Gasteiger partial charge in [-0.05, 0) is 37.3 Å². The maximum atomic E-state index is 13.2. The number of sulfonamides is 2. The first-order valence-electron chi connectivity index (χ1n) is 9.20. The van der Waals surface area contributed by atoms with E-state index in [1.54, 1.807) is 13.0 Å². The molecule has 1 aliphatic heterocycles. The third kappa shape index (κ3) is 4.54. The van der Waals surface area contributed by atoms with E-state index in [4.69, 9.17) is 14.2 Å². The third-order valence-electron chi connectivity index (χ3n) is 4.48. The minimum atomic E-state index is -4.25. The number of nitrogens with one attached hydrogen (secondary N) is 1. The summed E-state index contributed by atoms with van der Waals surface area (Å²) in [6.45, 7) is 1.85. The first kappa shape index (κ1) is 22.7. The summed E-state index contributed by atoms with van der Waals surface area (Å²) in [4.78, 5) is 11.8. The van der Waals surface area contributed by atoms with Crippen LogP contribution in [0.2, 0.25) is 0 Å². The second-order valence-electron chi connectivity index (χ2n) is 6.46. The minimum Gasteiger partial charge on any atom is -0.497 e. The number of anilines is 2. The monoisotopic (exact) mass is 470 g/mol. The second-order valence-corrected chi connectivity index (χ2v) is 10.0. The molecule has 1 aliphatic rings. The number of carbonyl (C=O) groups excluding carboxylic acids is 1. The lowest BCUT2D eigenvalue weighted by molar-refractivity contribution is -0.116. The molecule has 1 heterocycles. The molecule has 0 spiro atoms. The molecule has 0 radical (unpaired) electrons. The summed E-state index contributed by atoms with van der Waals surface area (Å²) in [5, 5.41) is 0. The fraction of sp³-hybridized carbons (Fsp3) is 0.316. The van der Waals surface area contributed by atoms with E-state index in [1.807, 2.05) is 0 Å². The molecule has 2 aromatic carbocycles. The number of rotatable bonds is 8. The van der Waals surface area contributed by atoms with Gasteiger partial charge in [-0.25, -0.2) is 21.1 Å². The molecule has 1 N–H and O–H groups in total. The highest BCUT2D eigenvalue weighted by molar-refractivity contribution is 7.94. The molecule has 12 heteroatoms. The Balaban J connectivity index is 2.08. The van der Waals surface area contributed by atoms with Crippen LogP contribution in [0.15, 0.2) is 41.3 Å². The Labute approximate surface area is 180 Å². The molecule has 1 amide bonds. The van der Waals surface area contributed by atoms with Crippen LogP contribution in [0.5, 0.6) is 17.2 Å². The van der Waals surface area contributed by atoms with E-state index in [1.165, 1.54) is 38.5 Å². The summed E-state index contributed by atoms with van der Waals surface area (Å²) in [6.07, 6.45) is -0.168. The van der Waals surface area contributed by atoms with Gasteiger partial charge in [0.1, 0.15) is 22.1 Å². The summed E-state index contributed by atoms with van der Waals surface area (Å²) < 4.78 is 69.7. The molecular formula is C19H22N2O8S2. The number of ether oxygens (including phenoxy) is 3. The molecule has 0 aliphatic carbocycles. The fourth-order valence-electron chi connectivity index (χ4n) is 3.06. The fourth-order valence-corrected chi connectivity index (χ4v) is 5.75. The van der Waals surface area contributed by atoms with Crippen LogP contribution >= 0.6 is 0 Å². The molecular weight excluding hydrogens is 448 g/mol. The number of hydrogen-bond donors (Lipinski definition) is 1. The van der Waals surface area contributed by atoms with Crippen LogP contribution < -0.4 is 23.2 Å². The largest absolute Gasteiger partial charge is 0.497 e. The quantitative estimate of drug-likeness (QED) is 0.620. The zero-order chi connectivity index (χ0) is 22.8. The lowest BCUT2D eigenvalue weighted by Gasteiger charge is -2.19. The number of amides is 1. The van der Waals surface area contributed by atoms with E-state index in [-0.39, 0.29) is 46.5 Å². The van der Waals surface area contributed by atoms with Crippen LogP contribution in [0.1, 0.15) is 13.3 Å². The number of benzene rings is 2. The normalized spacial score (nSPS) is 15.6. The zero-order valence-electron chi connectivity index (χ0n) is 17.1. The Bertz CT molecular complexity index is 1210. The molecule has 0 atom stereocenters. The zero-order valence-corrected chi connectivity index (χ0v) is 18.7. The van der Waals surface area contributed by atoms with Crippen molar-refractivity contribution < 1.29 is 35.8 Å². The van der Waals surface area contributed by atoms with Gasteiger partial charge in [0.2, 0.25) is 15.9 Å². The van der Waals surface area contributed by atoms with Crippen LogP contribution in [0, 0.1) is 0 Å². The molecule has 0 bridgehead atoms. The van der Waals surface area contributed by atoms with Crippen molar-refractivity contribution in [2.24, 2.45) is 0 Å². The van der Waals surface area contributed by atoms with Gasteiger partial charge in [0.25, 0.3) is 10.0 Å². The van der Waals surface area contributed by atoms with E-state index < -0.39 is 26.0 Å². The van der Waals surface area contributed by atoms with Gasteiger partial charge >= 0.3 is 0 Å². The SMILES string of the molecule is CCOc1ccc(N2C(=O)CCS2(=O)=O)cc1S(=O)(=O)Nc1ccc(OC)cc1OC. The second kappa shape index (κ2) is 8.63. The summed E-state index contributed by atoms with van der Waals surface area (Å²) in [5.74, 6) is -0.265. The Morgan fingerprint density at radius 3 is 2.39 bits per heavy atom. The third-order valence-corrected chi connectivity index (χ3v) is 7.56. The van der Waals surface area contributed by atoms with Crippen LogP contribution in [0.3, 0.4) is 0 Å². The summed E-state index contributed by atoms with van der Waals surface area (Å²) in [5.41, 5.74) is 0.0639. The van der Waals surface area contributed by atoms with Gasteiger partial charge in [-0.3, -0.25) is 9.52 Å². The molecule has 2 aromatic rings. The Morgan fingerprint density at radius 1 is 1.06 bits per heavy atom. The number of carbonyl (C=O) groups is 1. The number of methoxy groups -OCH3 is 2. The van der Waals surface area contributed by atoms with Gasteiger partial charge in [-0.1, -0.05) is 0 Å². The highest BCUT2D eigenvalue weighted by Crippen LogP contribution is 2.36. The molecule has 0 aromatic heterocycles. The van der Waals surface area contributed by atoms with E-state index in [0.29, 0.717) is 10.1 Å². The molecule has 0 unspecified atom stereocenters. The predicted molar refractivity (Wildman–Crippen MR) is 114 cm³/mol. The van der Waals surface area contributed by atoms with Gasteiger partial charge in [0, 0.05) is 12.5 Å². The van der Waals surface area contributed by atoms with Crippen LogP contribution in [-0.4, -0.2) is 49.3 Å². The highest BCUT2D eigenvalue weighted by Gasteiger charge is 2.37. The van der Waals surface area contributed by atoms with E-state index in [2.05, 4.69) is 4.72 Å². The van der Waals surface area contributed by atoms with Crippen molar-refractivity contribution in [2.45, 2.75) is 18.2 Å². The van der Waals surface area contributed by atoms with Crippen molar-refractivity contribution in [3.05, 3.63) is 36.4 Å². The molecule has 1 fully saturated rings. The number of hydrogen-bond acceptors (Lipinski definition) is 8. The van der Waals surface area contributed by atoms with Crippen molar-refractivity contribution in [3.8, 4) is 17.2 Å². The standard InChI is InChI=1S/C19H22N2O8S2/c1-4-29-16-8-5-13(21-19(22)9-10-30(21,23)24)11-18(16)31(25,26)20-15-7-6-14(27-2)12-17(15)28-3/h5-8,11-12,20H,4,9-10H2,1-3H3. The average molecular weight is 471 g/mol. The van der Waals surface area contributed by atoms with E-state index in [0.717, 1.165) is 6.07 Å². The van der Waals surface area contributed by atoms with Crippen molar-refractivity contribution in [1.29, 1.82) is 0 Å². The van der Waals surface area contributed by atoms with Gasteiger partial charge in [-0.2, -0.15) is 0 Å². The highest BCUT2D eigenvalue weighted by atomic mass is 32.2. The van der Waals surface area contributed by atoms with Gasteiger partial charge in [-0.15, -0.1) is 0 Å². The lowest BCUT2D eigenvalue weighted by atomic mass is 10.3. The van der Waals surface area contributed by atoms with Crippen LogP contribution in [0.25, 0.3) is 0 Å². The molecule has 3 rings (SSSR count). The van der Waals surface area contributed by atoms with Gasteiger partial charge in [0.15, 0.2) is 0 Å². The summed E-state index contributed by atoms with van der Waals surface area (Å²) in [6, 6.07) is 8.28. The van der Waals surface area contributed by atoms with Crippen molar-refractivity contribution in [3.63, 3.8) is 0 Å². The van der Waals surface area contributed by atoms with Crippen molar-refractivity contribution >= 4 is 37.3 Å². The average Bonchev–Trinajstić information content (AvgIpc) is 3.01.